The summed E-state index contributed by atoms with van der Waals surface area (Å²) in [5, 5.41) is 0.0281. The number of nitrogens with zero attached hydrogens (tertiary/aromatic N) is 3. The van der Waals surface area contributed by atoms with Gasteiger partial charge in [-0.2, -0.15) is 12.6 Å². The molecule has 0 N–H and O–H groups in total. The van der Waals surface area contributed by atoms with E-state index < -0.39 is 0 Å². The highest BCUT2D eigenvalue weighted by Gasteiger charge is 2.19. The van der Waals surface area contributed by atoms with Crippen molar-refractivity contribution in [3.8, 4) is 0 Å². The van der Waals surface area contributed by atoms with E-state index in [1.54, 1.807) is 0 Å². The molecule has 0 bridgehead atoms. The number of esters is 4. The van der Waals surface area contributed by atoms with Crippen molar-refractivity contribution >= 4 is 53.5 Å². The SMILES string of the molecule is CCCCCC/C=C\COC(=O)CCCCCCCC(=O)OC(CCCCCCCC)CCCCCCCC.CCCCCC/C=C\COC(=O)CCCN(CCCC(=O)OC(CCCCCCC)CCCCCCCC)C(=O)SCCCN(CC)CC.CCN(CC)CCCS. The van der Waals surface area contributed by atoms with Crippen molar-refractivity contribution in [1.82, 2.24) is 14.7 Å². The second kappa shape index (κ2) is 82.4. The molecule has 0 aliphatic heterocycles. The van der Waals surface area contributed by atoms with E-state index in [0.717, 1.165) is 121 Å². The summed E-state index contributed by atoms with van der Waals surface area (Å²) in [5.74, 6) is 1.28. The molecule has 0 rings (SSSR count). The molecule has 0 aromatic rings. The number of hydrogen-bond acceptors (Lipinski definition) is 13. The number of thioether (sulfide) groups is 1. The van der Waals surface area contributed by atoms with Crippen LogP contribution in [0.5, 0.6) is 0 Å². The maximum absolute atomic E-state index is 13.2. The lowest BCUT2D eigenvalue weighted by atomic mass is 10.0. The molecule has 0 heterocycles. The van der Waals surface area contributed by atoms with Gasteiger partial charge in [-0.3, -0.25) is 24.0 Å². The van der Waals surface area contributed by atoms with Crippen molar-refractivity contribution in [2.45, 2.75) is 402 Å². The molecule has 0 aliphatic carbocycles. The number of allylic oxidation sites excluding steroid dienone is 2. The third-order valence-corrected chi connectivity index (χ3v) is 19.5. The Morgan fingerprint density at radius 3 is 0.979 bits per heavy atom. The smallest absolute Gasteiger partial charge is 0.306 e. The van der Waals surface area contributed by atoms with Gasteiger partial charge in [0.1, 0.15) is 25.4 Å². The van der Waals surface area contributed by atoms with E-state index in [9.17, 15) is 24.0 Å². The van der Waals surface area contributed by atoms with Crippen molar-refractivity contribution in [2.24, 2.45) is 0 Å². The molecule has 574 valence electrons. The standard InChI is InChI=1S/C41H78N2O5S.C35H66O4.C7H17NS/c1-6-11-14-17-19-22-25-36-47-39(44)31-26-34-43(41(46)49-37-28-33-42(9-4)10-5)35-27-32-40(45)48-38(29-23-20-16-13-8-3)30-24-21-18-15-12-7-2;1-4-7-10-13-16-22-27-32-38-34(36)30-25-20-17-21-26-31-35(37)39-33(28-23-18-14-11-8-5-2)29-24-19-15-12-9-6-3;1-3-8(4-2)6-5-7-9/h22,25,38H,6-21,23-24,26-37H2,1-5H3;22,27,33H,4-21,23-26,28-32H2,1-3H3;9H,3-7H2,1-2H3/b25-22-;27-22-;. The number of carbonyl (C=O) groups excluding carboxylic acids is 5. The first-order valence-corrected chi connectivity index (χ1v) is 43.0. The maximum atomic E-state index is 13.2. The number of unbranched alkanes of at least 4 members (excludes halogenated alkanes) is 31. The summed E-state index contributed by atoms with van der Waals surface area (Å²) in [4.78, 5) is 69.5. The van der Waals surface area contributed by atoms with Crippen molar-refractivity contribution in [2.75, 3.05) is 77.1 Å². The molecule has 12 nitrogen and oxygen atoms in total. The molecular formula is C83H161N3O9S2. The monoisotopic (exact) mass is 1410 g/mol. The Hall–Kier alpha value is -2.55. The molecule has 14 heteroatoms. The quantitative estimate of drug-likeness (QED) is 0.0204. The molecule has 97 heavy (non-hydrogen) atoms. The molecule has 0 aromatic carbocycles. The summed E-state index contributed by atoms with van der Waals surface area (Å²) in [6.07, 6.45) is 62.8. The Morgan fingerprint density at radius 1 is 0.330 bits per heavy atom. The van der Waals surface area contributed by atoms with Crippen LogP contribution in [0.25, 0.3) is 0 Å². The molecule has 0 saturated carbocycles. The van der Waals surface area contributed by atoms with E-state index in [0.29, 0.717) is 58.4 Å². The maximum Gasteiger partial charge on any atom is 0.306 e. The van der Waals surface area contributed by atoms with Crippen LogP contribution >= 0.6 is 24.4 Å². The highest BCUT2D eigenvalue weighted by Crippen LogP contribution is 2.21. The summed E-state index contributed by atoms with van der Waals surface area (Å²) in [5.41, 5.74) is 0. The zero-order chi connectivity index (χ0) is 72.0. The Kier molecular flexibility index (Phi) is 83.8. The fraction of sp³-hybridized carbons (Fsp3) is 0.892. The zero-order valence-corrected chi connectivity index (χ0v) is 67.4. The Bertz CT molecular complexity index is 1710. The van der Waals surface area contributed by atoms with Gasteiger partial charge in [-0.15, -0.1) is 0 Å². The van der Waals surface area contributed by atoms with Crippen LogP contribution in [0.15, 0.2) is 24.3 Å². The summed E-state index contributed by atoms with van der Waals surface area (Å²) >= 11 is 5.50. The lowest BCUT2D eigenvalue weighted by molar-refractivity contribution is -0.151. The molecule has 1 amide bonds. The number of ether oxygens (including phenoxy) is 4. The predicted molar refractivity (Wildman–Crippen MR) is 424 cm³/mol. The van der Waals surface area contributed by atoms with E-state index in [1.165, 1.54) is 224 Å². The lowest BCUT2D eigenvalue weighted by Gasteiger charge is -2.23. The van der Waals surface area contributed by atoms with Crippen LogP contribution < -0.4 is 0 Å². The fourth-order valence-electron chi connectivity index (χ4n) is 11.7. The molecule has 0 aromatic heterocycles. The molecule has 1 atom stereocenters. The molecule has 1 unspecified atom stereocenters. The van der Waals surface area contributed by atoms with Crippen LogP contribution in [0.2, 0.25) is 0 Å². The lowest BCUT2D eigenvalue weighted by Crippen LogP contribution is -2.31. The fourth-order valence-corrected chi connectivity index (χ4v) is 12.7. The first-order chi connectivity index (χ1) is 47.4. The van der Waals surface area contributed by atoms with Gasteiger partial charge in [-0.25, -0.2) is 0 Å². The highest BCUT2D eigenvalue weighted by molar-refractivity contribution is 8.13. The summed E-state index contributed by atoms with van der Waals surface area (Å²) in [6, 6.07) is 0. The number of rotatable bonds is 70. The third-order valence-electron chi connectivity index (χ3n) is 18.2. The highest BCUT2D eigenvalue weighted by atomic mass is 32.2. The van der Waals surface area contributed by atoms with Gasteiger partial charge in [0.05, 0.1) is 0 Å². The number of carbonyl (C=O) groups is 5. The molecule has 0 aliphatic rings. The summed E-state index contributed by atoms with van der Waals surface area (Å²) < 4.78 is 22.6. The number of amides is 1. The largest absolute Gasteiger partial charge is 0.462 e. The van der Waals surface area contributed by atoms with E-state index in [-0.39, 0.29) is 47.7 Å². The molecule has 0 radical (unpaired) electrons. The van der Waals surface area contributed by atoms with Crippen LogP contribution in [-0.2, 0) is 38.1 Å². The average molecular weight is 1410 g/mol. The van der Waals surface area contributed by atoms with Gasteiger partial charge in [-0.1, -0.05) is 285 Å². The van der Waals surface area contributed by atoms with Crippen molar-refractivity contribution in [3.63, 3.8) is 0 Å². The van der Waals surface area contributed by atoms with Crippen LogP contribution in [0.4, 0.5) is 4.79 Å². The minimum atomic E-state index is -0.232. The van der Waals surface area contributed by atoms with E-state index in [4.69, 9.17) is 18.9 Å². The molecule has 0 fully saturated rings. The topological polar surface area (TPSA) is 132 Å². The van der Waals surface area contributed by atoms with E-state index >= 15 is 0 Å². The van der Waals surface area contributed by atoms with Gasteiger partial charge < -0.3 is 33.6 Å². The molecule has 0 saturated heterocycles. The molecular weight excluding hydrogens is 1250 g/mol. The van der Waals surface area contributed by atoms with Crippen molar-refractivity contribution < 1.29 is 42.9 Å². The van der Waals surface area contributed by atoms with Gasteiger partial charge in [-0.05, 0) is 161 Å². The van der Waals surface area contributed by atoms with Gasteiger partial charge in [0.2, 0.25) is 0 Å². The molecule has 0 spiro atoms. The second-order valence-electron chi connectivity index (χ2n) is 27.2. The first-order valence-electron chi connectivity index (χ1n) is 41.4. The zero-order valence-electron chi connectivity index (χ0n) is 65.7. The minimum absolute atomic E-state index is 0.00122. The van der Waals surface area contributed by atoms with Crippen LogP contribution in [0, 0.1) is 0 Å². The number of thiol groups is 1. The van der Waals surface area contributed by atoms with Gasteiger partial charge in [0.15, 0.2) is 0 Å². The van der Waals surface area contributed by atoms with E-state index in [2.05, 4.69) is 104 Å². The third kappa shape index (κ3) is 75.9. The van der Waals surface area contributed by atoms with Gasteiger partial charge in [0, 0.05) is 44.5 Å². The van der Waals surface area contributed by atoms with Crippen molar-refractivity contribution in [1.29, 1.82) is 0 Å². The Labute approximate surface area is 611 Å². The summed E-state index contributed by atoms with van der Waals surface area (Å²) in [7, 11) is 0. The normalized spacial score (nSPS) is 11.7. The number of hydrogen-bond donors (Lipinski definition) is 1. The predicted octanol–water partition coefficient (Wildman–Crippen LogP) is 24.4. The average Bonchev–Trinajstić information content (AvgIpc) is 3.77. The second-order valence-corrected chi connectivity index (χ2v) is 28.7. The Balaban J connectivity index is -0.00000164. The van der Waals surface area contributed by atoms with Gasteiger partial charge in [0.25, 0.3) is 5.24 Å². The van der Waals surface area contributed by atoms with Crippen molar-refractivity contribution in [3.05, 3.63) is 24.3 Å². The van der Waals surface area contributed by atoms with E-state index in [1.807, 2.05) is 17.1 Å². The van der Waals surface area contributed by atoms with Crippen LogP contribution in [0.3, 0.4) is 0 Å². The first kappa shape index (κ1) is 98.6. The summed E-state index contributed by atoms with van der Waals surface area (Å²) in [6.45, 7) is 30.4. The van der Waals surface area contributed by atoms with Crippen LogP contribution in [0.1, 0.15) is 390 Å². The van der Waals surface area contributed by atoms with Crippen LogP contribution in [-0.4, -0.2) is 133 Å². The Morgan fingerprint density at radius 2 is 0.629 bits per heavy atom. The van der Waals surface area contributed by atoms with Gasteiger partial charge >= 0.3 is 23.9 Å². The minimum Gasteiger partial charge on any atom is -0.462 e.